The van der Waals surface area contributed by atoms with E-state index in [1.165, 1.54) is 5.56 Å². The second-order valence-electron chi connectivity index (χ2n) is 4.33. The fraction of sp³-hybridized carbons (Fsp3) is 0.286. The van der Waals surface area contributed by atoms with Gasteiger partial charge in [0.2, 0.25) is 0 Å². The molecule has 0 saturated carbocycles. The molecule has 0 aliphatic heterocycles. The van der Waals surface area contributed by atoms with Crippen LogP contribution in [0.4, 0.5) is 0 Å². The zero-order chi connectivity index (χ0) is 13.0. The van der Waals surface area contributed by atoms with E-state index in [4.69, 9.17) is 5.26 Å². The van der Waals surface area contributed by atoms with Crippen LogP contribution >= 0.6 is 0 Å². The van der Waals surface area contributed by atoms with Gasteiger partial charge in [-0.1, -0.05) is 12.1 Å². The highest BCUT2D eigenvalue weighted by molar-refractivity contribution is 5.32. The van der Waals surface area contributed by atoms with Gasteiger partial charge in [-0.2, -0.15) is 10.4 Å². The third kappa shape index (κ3) is 2.76. The minimum atomic E-state index is 0.699. The molecule has 2 rings (SSSR count). The van der Waals surface area contributed by atoms with Gasteiger partial charge in [0, 0.05) is 24.3 Å². The molecule has 1 aromatic heterocycles. The van der Waals surface area contributed by atoms with Crippen molar-refractivity contribution < 1.29 is 0 Å². The molecule has 92 valence electrons. The fourth-order valence-electron chi connectivity index (χ4n) is 1.92. The first kappa shape index (κ1) is 12.3. The maximum Gasteiger partial charge on any atom is 0.0991 e. The maximum absolute atomic E-state index is 8.83. The number of aryl methyl sites for hydroxylation is 2. The van der Waals surface area contributed by atoms with Gasteiger partial charge in [0.15, 0.2) is 0 Å². The summed E-state index contributed by atoms with van der Waals surface area (Å²) in [6.45, 7) is 5.55. The fourth-order valence-corrected chi connectivity index (χ4v) is 1.92. The van der Waals surface area contributed by atoms with Crippen molar-refractivity contribution in [3.8, 4) is 6.07 Å². The van der Waals surface area contributed by atoms with Crippen molar-refractivity contribution in [1.82, 2.24) is 15.5 Å². The second kappa shape index (κ2) is 5.48. The zero-order valence-corrected chi connectivity index (χ0v) is 10.6. The van der Waals surface area contributed by atoms with E-state index in [-0.39, 0.29) is 0 Å². The molecule has 0 radical (unpaired) electrons. The van der Waals surface area contributed by atoms with Gasteiger partial charge in [-0.25, -0.2) is 0 Å². The summed E-state index contributed by atoms with van der Waals surface area (Å²) in [5.41, 5.74) is 5.17. The van der Waals surface area contributed by atoms with Gasteiger partial charge in [0.25, 0.3) is 0 Å². The molecule has 0 spiro atoms. The van der Waals surface area contributed by atoms with Gasteiger partial charge in [-0.05, 0) is 31.5 Å². The number of aromatic nitrogens is 2. The molecule has 0 fully saturated rings. The molecule has 2 aromatic rings. The van der Waals surface area contributed by atoms with Crippen molar-refractivity contribution >= 4 is 0 Å². The minimum absolute atomic E-state index is 0.699. The zero-order valence-electron chi connectivity index (χ0n) is 10.6. The Morgan fingerprint density at radius 1 is 1.33 bits per heavy atom. The smallest absolute Gasteiger partial charge is 0.0991 e. The number of hydrogen-bond acceptors (Lipinski definition) is 3. The van der Waals surface area contributed by atoms with Crippen LogP contribution in [-0.2, 0) is 13.1 Å². The molecule has 0 amide bonds. The van der Waals surface area contributed by atoms with Crippen LogP contribution in [0.15, 0.2) is 24.3 Å². The lowest BCUT2D eigenvalue weighted by molar-refractivity contribution is 0.688. The van der Waals surface area contributed by atoms with Crippen LogP contribution in [0.1, 0.15) is 28.1 Å². The third-order valence-electron chi connectivity index (χ3n) is 2.97. The van der Waals surface area contributed by atoms with E-state index in [1.807, 2.05) is 38.1 Å². The van der Waals surface area contributed by atoms with E-state index in [0.29, 0.717) is 5.56 Å². The molecule has 0 atom stereocenters. The Kier molecular flexibility index (Phi) is 3.75. The lowest BCUT2D eigenvalue weighted by Crippen LogP contribution is -2.13. The Balaban J connectivity index is 1.95. The number of nitrogens with one attached hydrogen (secondary N) is 2. The summed E-state index contributed by atoms with van der Waals surface area (Å²) in [7, 11) is 0. The monoisotopic (exact) mass is 240 g/mol. The van der Waals surface area contributed by atoms with Gasteiger partial charge in [-0.3, -0.25) is 5.10 Å². The maximum atomic E-state index is 8.83. The summed E-state index contributed by atoms with van der Waals surface area (Å²) in [5.74, 6) is 0. The van der Waals surface area contributed by atoms with Crippen molar-refractivity contribution in [2.45, 2.75) is 26.9 Å². The quantitative estimate of drug-likeness (QED) is 0.861. The summed E-state index contributed by atoms with van der Waals surface area (Å²) in [4.78, 5) is 0. The average molecular weight is 240 g/mol. The highest BCUT2D eigenvalue weighted by Gasteiger charge is 2.05. The molecule has 0 saturated heterocycles. The van der Waals surface area contributed by atoms with Crippen LogP contribution in [0, 0.1) is 25.2 Å². The SMILES string of the molecule is Cc1n[nH]c(C)c1CNCc1cccc(C#N)c1. The van der Waals surface area contributed by atoms with Crippen LogP contribution in [0.2, 0.25) is 0 Å². The van der Waals surface area contributed by atoms with E-state index >= 15 is 0 Å². The molecule has 4 heteroatoms. The summed E-state index contributed by atoms with van der Waals surface area (Å²) < 4.78 is 0. The van der Waals surface area contributed by atoms with Crippen LogP contribution in [0.25, 0.3) is 0 Å². The molecule has 0 unspecified atom stereocenters. The molecular weight excluding hydrogens is 224 g/mol. The number of aromatic amines is 1. The number of H-pyrrole nitrogens is 1. The van der Waals surface area contributed by atoms with Crippen molar-refractivity contribution in [2.24, 2.45) is 0 Å². The van der Waals surface area contributed by atoms with Gasteiger partial charge < -0.3 is 5.32 Å². The standard InChI is InChI=1S/C14H16N4/c1-10-14(11(2)18-17-10)9-16-8-13-5-3-4-12(6-13)7-15/h3-6,16H,8-9H2,1-2H3,(H,17,18). The molecule has 4 nitrogen and oxygen atoms in total. The summed E-state index contributed by atoms with van der Waals surface area (Å²) >= 11 is 0. The number of benzene rings is 1. The largest absolute Gasteiger partial charge is 0.308 e. The molecule has 1 aromatic carbocycles. The lowest BCUT2D eigenvalue weighted by atomic mass is 10.1. The number of rotatable bonds is 4. The highest BCUT2D eigenvalue weighted by atomic mass is 15.1. The topological polar surface area (TPSA) is 64.5 Å². The van der Waals surface area contributed by atoms with Crippen molar-refractivity contribution in [3.63, 3.8) is 0 Å². The molecule has 18 heavy (non-hydrogen) atoms. The molecule has 0 aliphatic carbocycles. The van der Waals surface area contributed by atoms with Gasteiger partial charge in [0.05, 0.1) is 17.3 Å². The lowest BCUT2D eigenvalue weighted by Gasteiger charge is -2.05. The van der Waals surface area contributed by atoms with Crippen molar-refractivity contribution in [1.29, 1.82) is 5.26 Å². The normalized spacial score (nSPS) is 10.3. The van der Waals surface area contributed by atoms with Gasteiger partial charge >= 0.3 is 0 Å². The Morgan fingerprint density at radius 2 is 2.17 bits per heavy atom. The highest BCUT2D eigenvalue weighted by Crippen LogP contribution is 2.09. The predicted molar refractivity (Wildman–Crippen MR) is 69.8 cm³/mol. The van der Waals surface area contributed by atoms with Crippen LogP contribution in [0.3, 0.4) is 0 Å². The van der Waals surface area contributed by atoms with E-state index in [0.717, 1.165) is 30.0 Å². The van der Waals surface area contributed by atoms with Crippen molar-refractivity contribution in [2.75, 3.05) is 0 Å². The second-order valence-corrected chi connectivity index (χ2v) is 4.33. The van der Waals surface area contributed by atoms with Crippen LogP contribution in [0.5, 0.6) is 0 Å². The Morgan fingerprint density at radius 3 is 2.83 bits per heavy atom. The Labute approximate surface area is 107 Å². The summed E-state index contributed by atoms with van der Waals surface area (Å²) in [6, 6.07) is 9.79. The third-order valence-corrected chi connectivity index (χ3v) is 2.97. The van der Waals surface area contributed by atoms with Gasteiger partial charge in [-0.15, -0.1) is 0 Å². The Hall–Kier alpha value is -2.12. The minimum Gasteiger partial charge on any atom is -0.308 e. The van der Waals surface area contributed by atoms with E-state index in [9.17, 15) is 0 Å². The Bertz CT molecular complexity index is 558. The van der Waals surface area contributed by atoms with E-state index < -0.39 is 0 Å². The average Bonchev–Trinajstić information content (AvgIpc) is 2.70. The predicted octanol–water partition coefficient (Wildman–Crippen LogP) is 2.19. The first-order valence-corrected chi connectivity index (χ1v) is 5.91. The molecule has 0 bridgehead atoms. The van der Waals surface area contributed by atoms with Crippen LogP contribution in [-0.4, -0.2) is 10.2 Å². The van der Waals surface area contributed by atoms with E-state index in [2.05, 4.69) is 21.6 Å². The van der Waals surface area contributed by atoms with Gasteiger partial charge in [0.1, 0.15) is 0 Å². The summed E-state index contributed by atoms with van der Waals surface area (Å²) in [5, 5.41) is 19.3. The molecule has 1 heterocycles. The molecular formula is C14H16N4. The molecule has 2 N–H and O–H groups in total. The number of nitriles is 1. The van der Waals surface area contributed by atoms with Crippen LogP contribution < -0.4 is 5.32 Å². The molecule has 0 aliphatic rings. The van der Waals surface area contributed by atoms with Crippen molar-refractivity contribution in [3.05, 3.63) is 52.3 Å². The number of nitrogens with zero attached hydrogens (tertiary/aromatic N) is 2. The summed E-state index contributed by atoms with van der Waals surface area (Å²) in [6.07, 6.45) is 0. The first-order valence-electron chi connectivity index (χ1n) is 5.91. The first-order chi connectivity index (χ1) is 8.70. The number of hydrogen-bond donors (Lipinski definition) is 2. The van der Waals surface area contributed by atoms with E-state index in [1.54, 1.807) is 0 Å².